The molecule has 7 nitrogen and oxygen atoms in total. The number of amides is 1. The van der Waals surface area contributed by atoms with Gasteiger partial charge < -0.3 is 14.4 Å². The zero-order valence-electron chi connectivity index (χ0n) is 19.3. The highest BCUT2D eigenvalue weighted by molar-refractivity contribution is 5.98. The summed E-state index contributed by atoms with van der Waals surface area (Å²) in [4.78, 5) is 51.3. The third-order valence-corrected chi connectivity index (χ3v) is 5.98. The van der Waals surface area contributed by atoms with Crippen LogP contribution in [-0.2, 0) is 14.3 Å². The molecule has 1 fully saturated rings. The molecule has 0 unspecified atom stereocenters. The van der Waals surface area contributed by atoms with Crippen molar-refractivity contribution in [2.75, 3.05) is 13.2 Å². The Morgan fingerprint density at radius 2 is 1.51 bits per heavy atom. The number of nitrogens with zero attached hydrogens (tertiary/aromatic N) is 1. The fraction of sp³-hybridized carbons (Fsp3) is 0.214. The second kappa shape index (κ2) is 10.8. The molecule has 7 heteroatoms. The Hall–Kier alpha value is -4.26. The topological polar surface area (TPSA) is 90.0 Å². The van der Waals surface area contributed by atoms with Crippen LogP contribution in [0.2, 0.25) is 0 Å². The predicted molar refractivity (Wildman–Crippen MR) is 128 cm³/mol. The quantitative estimate of drug-likeness (QED) is 0.277. The maximum absolute atomic E-state index is 12.5. The summed E-state index contributed by atoms with van der Waals surface area (Å²) in [5.74, 6) is -1.89. The summed E-state index contributed by atoms with van der Waals surface area (Å²) < 4.78 is 10.5. The first kappa shape index (κ1) is 23.9. The molecule has 0 aliphatic carbocycles. The number of benzene rings is 3. The summed E-state index contributed by atoms with van der Waals surface area (Å²) in [6.45, 7) is 1.75. The van der Waals surface area contributed by atoms with Crippen LogP contribution in [0.25, 0.3) is 0 Å². The molecule has 178 valence electrons. The minimum absolute atomic E-state index is 0.0612. The molecule has 3 aromatic carbocycles. The molecule has 0 aromatic heterocycles. The largest absolute Gasteiger partial charge is 0.457 e. The smallest absolute Gasteiger partial charge is 0.343 e. The Bertz CT molecular complexity index is 1210. The van der Waals surface area contributed by atoms with Crippen LogP contribution < -0.4 is 4.74 Å². The molecule has 0 bridgehead atoms. The number of rotatable bonds is 8. The van der Waals surface area contributed by atoms with Gasteiger partial charge in [0.25, 0.3) is 0 Å². The first-order valence-corrected chi connectivity index (χ1v) is 11.3. The SMILES string of the molecule is C[C@H](c1ccccc1)N1C[C@H](C(=O)OCC(=O)c2ccc(OC(=O)c3ccccc3)cc2)CC1=O. The van der Waals surface area contributed by atoms with Gasteiger partial charge in [0.1, 0.15) is 5.75 Å². The third kappa shape index (κ3) is 5.81. The van der Waals surface area contributed by atoms with E-state index in [1.807, 2.05) is 37.3 Å². The summed E-state index contributed by atoms with van der Waals surface area (Å²) in [7, 11) is 0. The summed E-state index contributed by atoms with van der Waals surface area (Å²) in [5.41, 5.74) is 1.73. The lowest BCUT2D eigenvalue weighted by atomic mass is 10.1. The van der Waals surface area contributed by atoms with Gasteiger partial charge in [-0.25, -0.2) is 4.79 Å². The summed E-state index contributed by atoms with van der Waals surface area (Å²) in [6.07, 6.45) is 0.0612. The molecule has 0 spiro atoms. The molecule has 4 rings (SSSR count). The predicted octanol–water partition coefficient (Wildman–Crippen LogP) is 4.24. The van der Waals surface area contributed by atoms with Crippen LogP contribution in [0.15, 0.2) is 84.9 Å². The normalized spacial score (nSPS) is 16.0. The number of ketones is 1. The molecule has 1 heterocycles. The number of ether oxygens (including phenoxy) is 2. The van der Waals surface area contributed by atoms with Crippen LogP contribution in [0.4, 0.5) is 0 Å². The van der Waals surface area contributed by atoms with E-state index in [0.717, 1.165) is 5.56 Å². The van der Waals surface area contributed by atoms with Crippen molar-refractivity contribution in [3.05, 3.63) is 102 Å². The molecular weight excluding hydrogens is 446 g/mol. The standard InChI is InChI=1S/C28H25NO6/c1-19(20-8-4-2-5-9-20)29-17-23(16-26(29)31)27(32)34-18-25(30)21-12-14-24(15-13-21)35-28(33)22-10-6-3-7-11-22/h2-15,19,23H,16-18H2,1H3/t19-,23-/m1/s1. The number of hydrogen-bond donors (Lipinski definition) is 0. The summed E-state index contributed by atoms with van der Waals surface area (Å²) >= 11 is 0. The van der Waals surface area contributed by atoms with E-state index in [1.54, 1.807) is 35.2 Å². The fourth-order valence-electron chi connectivity index (χ4n) is 3.96. The van der Waals surface area contributed by atoms with Gasteiger partial charge >= 0.3 is 11.9 Å². The van der Waals surface area contributed by atoms with Crippen LogP contribution in [0, 0.1) is 5.92 Å². The van der Waals surface area contributed by atoms with Gasteiger partial charge in [-0.2, -0.15) is 0 Å². The van der Waals surface area contributed by atoms with E-state index >= 15 is 0 Å². The molecule has 35 heavy (non-hydrogen) atoms. The maximum atomic E-state index is 12.5. The van der Waals surface area contributed by atoms with Crippen molar-refractivity contribution in [1.82, 2.24) is 4.90 Å². The van der Waals surface area contributed by atoms with E-state index < -0.39 is 30.2 Å². The Kier molecular flexibility index (Phi) is 7.35. The van der Waals surface area contributed by atoms with Gasteiger partial charge in [-0.3, -0.25) is 14.4 Å². The lowest BCUT2D eigenvalue weighted by molar-refractivity contribution is -0.147. The average Bonchev–Trinajstić information content (AvgIpc) is 3.29. The second-order valence-electron chi connectivity index (χ2n) is 8.34. The molecule has 1 saturated heterocycles. The molecular formula is C28H25NO6. The number of likely N-dealkylation sites (tertiary alicyclic amines) is 1. The molecule has 1 aliphatic rings. The van der Waals surface area contributed by atoms with Gasteiger partial charge in [0.2, 0.25) is 5.91 Å². The number of esters is 2. The van der Waals surface area contributed by atoms with Crippen molar-refractivity contribution in [2.24, 2.45) is 5.92 Å². The summed E-state index contributed by atoms with van der Waals surface area (Å²) in [5, 5.41) is 0. The highest BCUT2D eigenvalue weighted by Crippen LogP contribution is 2.29. The molecule has 0 radical (unpaired) electrons. The molecule has 1 amide bonds. The first-order valence-electron chi connectivity index (χ1n) is 11.3. The Balaban J connectivity index is 1.28. The fourth-order valence-corrected chi connectivity index (χ4v) is 3.96. The highest BCUT2D eigenvalue weighted by Gasteiger charge is 2.38. The van der Waals surface area contributed by atoms with Crippen molar-refractivity contribution in [1.29, 1.82) is 0 Å². The van der Waals surface area contributed by atoms with Crippen LogP contribution in [-0.4, -0.2) is 41.7 Å². The van der Waals surface area contributed by atoms with Crippen molar-refractivity contribution in [3.63, 3.8) is 0 Å². The average molecular weight is 472 g/mol. The minimum Gasteiger partial charge on any atom is -0.457 e. The van der Waals surface area contributed by atoms with Crippen molar-refractivity contribution in [2.45, 2.75) is 19.4 Å². The lowest BCUT2D eigenvalue weighted by Crippen LogP contribution is -2.30. The van der Waals surface area contributed by atoms with Crippen LogP contribution in [0.3, 0.4) is 0 Å². The highest BCUT2D eigenvalue weighted by atomic mass is 16.5. The number of Topliss-reactive ketones (excluding diaryl/α,β-unsaturated/α-hetero) is 1. The van der Waals surface area contributed by atoms with Crippen LogP contribution >= 0.6 is 0 Å². The van der Waals surface area contributed by atoms with Gasteiger partial charge in [-0.15, -0.1) is 0 Å². The van der Waals surface area contributed by atoms with E-state index in [9.17, 15) is 19.2 Å². The van der Waals surface area contributed by atoms with E-state index in [0.29, 0.717) is 16.9 Å². The van der Waals surface area contributed by atoms with Gasteiger partial charge in [0.05, 0.1) is 17.5 Å². The number of carbonyl (C=O) groups is 4. The molecule has 0 N–H and O–H groups in total. The molecule has 3 aromatic rings. The van der Waals surface area contributed by atoms with Gasteiger partial charge in [-0.1, -0.05) is 48.5 Å². The monoisotopic (exact) mass is 471 g/mol. The third-order valence-electron chi connectivity index (χ3n) is 5.98. The Morgan fingerprint density at radius 3 is 2.17 bits per heavy atom. The van der Waals surface area contributed by atoms with Crippen LogP contribution in [0.1, 0.15) is 45.7 Å². The van der Waals surface area contributed by atoms with Crippen molar-refractivity contribution in [3.8, 4) is 5.75 Å². The molecule has 0 saturated carbocycles. The number of hydrogen-bond acceptors (Lipinski definition) is 6. The minimum atomic E-state index is -0.610. The lowest BCUT2D eigenvalue weighted by Gasteiger charge is -2.25. The summed E-state index contributed by atoms with van der Waals surface area (Å²) in [6, 6.07) is 24.0. The van der Waals surface area contributed by atoms with E-state index in [2.05, 4.69) is 0 Å². The van der Waals surface area contributed by atoms with E-state index in [1.165, 1.54) is 24.3 Å². The maximum Gasteiger partial charge on any atom is 0.343 e. The number of carbonyl (C=O) groups excluding carboxylic acids is 4. The van der Waals surface area contributed by atoms with Crippen molar-refractivity contribution < 1.29 is 28.7 Å². The Morgan fingerprint density at radius 1 is 0.886 bits per heavy atom. The van der Waals surface area contributed by atoms with E-state index in [4.69, 9.17) is 9.47 Å². The first-order chi connectivity index (χ1) is 16.9. The molecule has 1 aliphatic heterocycles. The van der Waals surface area contributed by atoms with Crippen molar-refractivity contribution >= 4 is 23.6 Å². The Labute approximate surface area is 203 Å². The van der Waals surface area contributed by atoms with Crippen LogP contribution in [0.5, 0.6) is 5.75 Å². The zero-order valence-corrected chi connectivity index (χ0v) is 19.3. The van der Waals surface area contributed by atoms with Gasteiger partial charge in [0, 0.05) is 18.5 Å². The van der Waals surface area contributed by atoms with E-state index in [-0.39, 0.29) is 24.9 Å². The van der Waals surface area contributed by atoms with Gasteiger partial charge in [-0.05, 0) is 48.9 Å². The second-order valence-corrected chi connectivity index (χ2v) is 8.34. The molecule has 2 atom stereocenters. The van der Waals surface area contributed by atoms with Gasteiger partial charge in [0.15, 0.2) is 12.4 Å². The zero-order chi connectivity index (χ0) is 24.8.